The first-order valence-electron chi connectivity index (χ1n) is 7.10. The molecule has 0 aliphatic rings. The first kappa shape index (κ1) is 17.6. The molecule has 0 aliphatic heterocycles. The Hall–Kier alpha value is -2.74. The number of ketones is 1. The molecule has 0 N–H and O–H groups in total. The maximum Gasteiger partial charge on any atom is 0.338 e. The number of ether oxygens (including phenoxy) is 2. The van der Waals surface area contributed by atoms with Crippen molar-refractivity contribution in [1.82, 2.24) is 0 Å². The Labute approximate surface area is 142 Å². The van der Waals surface area contributed by atoms with Gasteiger partial charge in [0.05, 0.1) is 22.0 Å². The smallest absolute Gasteiger partial charge is 0.338 e. The Morgan fingerprint density at radius 2 is 2.00 bits per heavy atom. The van der Waals surface area contributed by atoms with Crippen molar-refractivity contribution >= 4 is 28.8 Å². The molecule has 0 spiro atoms. The van der Waals surface area contributed by atoms with Crippen molar-refractivity contribution in [2.75, 3.05) is 13.2 Å². The summed E-state index contributed by atoms with van der Waals surface area (Å²) in [5, 5.41) is 11.0. The molecule has 8 heteroatoms. The summed E-state index contributed by atoms with van der Waals surface area (Å²) in [6.07, 6.45) is 0. The molecule has 7 nitrogen and oxygen atoms in total. The van der Waals surface area contributed by atoms with Crippen LogP contribution in [0, 0.1) is 17.0 Å². The van der Waals surface area contributed by atoms with E-state index in [0.717, 1.165) is 10.9 Å². The van der Waals surface area contributed by atoms with Crippen molar-refractivity contribution in [2.45, 2.75) is 13.8 Å². The van der Waals surface area contributed by atoms with Crippen LogP contribution in [-0.4, -0.2) is 29.9 Å². The number of nitro benzene ring substituents is 1. The van der Waals surface area contributed by atoms with Gasteiger partial charge in [-0.25, -0.2) is 4.79 Å². The molecule has 2 rings (SSSR count). The van der Waals surface area contributed by atoms with Crippen LogP contribution in [-0.2, 0) is 4.74 Å². The quantitative estimate of drug-likeness (QED) is 0.329. The number of Topliss-reactive ketones (excluding diaryl/α,β-unsaturated/α-hetero) is 1. The van der Waals surface area contributed by atoms with E-state index in [2.05, 4.69) is 0 Å². The van der Waals surface area contributed by atoms with E-state index >= 15 is 0 Å². The molecule has 0 aliphatic carbocycles. The van der Waals surface area contributed by atoms with Crippen LogP contribution >= 0.6 is 11.3 Å². The van der Waals surface area contributed by atoms with Gasteiger partial charge < -0.3 is 9.47 Å². The fraction of sp³-hybridized carbons (Fsp3) is 0.250. The topological polar surface area (TPSA) is 95.7 Å². The molecule has 1 heterocycles. The standard InChI is InChI=1S/C16H15NO6S/c1-3-22-14-6-5-11(8-12(14)17(20)21)16(19)23-9-13(18)15-7-4-10(2)24-15/h4-8H,3,9H2,1-2H3. The van der Waals surface area contributed by atoms with Crippen LogP contribution in [0.4, 0.5) is 5.69 Å². The maximum absolute atomic E-state index is 12.0. The lowest BCUT2D eigenvalue weighted by molar-refractivity contribution is -0.385. The zero-order chi connectivity index (χ0) is 17.7. The zero-order valence-corrected chi connectivity index (χ0v) is 13.9. The van der Waals surface area contributed by atoms with Gasteiger partial charge in [0.15, 0.2) is 12.4 Å². The molecule has 2 aromatic rings. The van der Waals surface area contributed by atoms with E-state index in [-0.39, 0.29) is 29.4 Å². The summed E-state index contributed by atoms with van der Waals surface area (Å²) in [7, 11) is 0. The van der Waals surface area contributed by atoms with E-state index in [1.807, 2.05) is 6.92 Å². The Morgan fingerprint density at radius 1 is 1.25 bits per heavy atom. The first-order chi connectivity index (χ1) is 11.4. The minimum Gasteiger partial charge on any atom is -0.487 e. The van der Waals surface area contributed by atoms with Gasteiger partial charge >= 0.3 is 11.7 Å². The summed E-state index contributed by atoms with van der Waals surface area (Å²) in [5.41, 5.74) is -0.341. The highest BCUT2D eigenvalue weighted by atomic mass is 32.1. The number of nitrogens with zero attached hydrogens (tertiary/aromatic N) is 1. The lowest BCUT2D eigenvalue weighted by atomic mass is 10.2. The van der Waals surface area contributed by atoms with Gasteiger partial charge in [-0.15, -0.1) is 11.3 Å². The second-order valence-corrected chi connectivity index (χ2v) is 6.07. The minimum absolute atomic E-state index is 0.0136. The summed E-state index contributed by atoms with van der Waals surface area (Å²) in [4.78, 5) is 35.8. The highest BCUT2D eigenvalue weighted by Crippen LogP contribution is 2.28. The molecule has 0 radical (unpaired) electrons. The molecule has 0 fully saturated rings. The third kappa shape index (κ3) is 4.17. The van der Waals surface area contributed by atoms with Gasteiger partial charge in [-0.1, -0.05) is 0 Å². The fourth-order valence-corrected chi connectivity index (χ4v) is 2.73. The molecule has 0 bridgehead atoms. The van der Waals surface area contributed by atoms with E-state index in [9.17, 15) is 19.7 Å². The summed E-state index contributed by atoms with van der Waals surface area (Å²) in [6, 6.07) is 7.24. The van der Waals surface area contributed by atoms with E-state index in [4.69, 9.17) is 9.47 Å². The predicted octanol–water partition coefficient (Wildman–Crippen LogP) is 3.40. The molecule has 0 unspecified atom stereocenters. The van der Waals surface area contributed by atoms with Crippen LogP contribution in [0.5, 0.6) is 5.75 Å². The SMILES string of the molecule is CCOc1ccc(C(=O)OCC(=O)c2ccc(C)s2)cc1[N+](=O)[O-]. The largest absolute Gasteiger partial charge is 0.487 e. The van der Waals surface area contributed by atoms with E-state index in [1.165, 1.54) is 23.5 Å². The third-order valence-electron chi connectivity index (χ3n) is 3.04. The Morgan fingerprint density at radius 3 is 2.58 bits per heavy atom. The van der Waals surface area contributed by atoms with Crippen LogP contribution < -0.4 is 4.74 Å². The zero-order valence-electron chi connectivity index (χ0n) is 13.1. The molecule has 24 heavy (non-hydrogen) atoms. The molecule has 126 valence electrons. The fourth-order valence-electron chi connectivity index (χ4n) is 1.93. The number of benzene rings is 1. The van der Waals surface area contributed by atoms with Crippen LogP contribution in [0.3, 0.4) is 0 Å². The molecule has 0 atom stereocenters. The van der Waals surface area contributed by atoms with E-state index in [1.54, 1.807) is 19.1 Å². The van der Waals surface area contributed by atoms with Gasteiger partial charge in [-0.05, 0) is 38.1 Å². The summed E-state index contributed by atoms with van der Waals surface area (Å²) in [5.74, 6) is -1.05. The lowest BCUT2D eigenvalue weighted by Crippen LogP contribution is -2.13. The van der Waals surface area contributed by atoms with Crippen molar-refractivity contribution in [2.24, 2.45) is 0 Å². The number of nitro groups is 1. The van der Waals surface area contributed by atoms with Crippen LogP contribution in [0.2, 0.25) is 0 Å². The van der Waals surface area contributed by atoms with Gasteiger partial charge in [0.25, 0.3) is 0 Å². The second-order valence-electron chi connectivity index (χ2n) is 4.78. The molecule has 0 saturated carbocycles. The third-order valence-corrected chi connectivity index (χ3v) is 4.08. The van der Waals surface area contributed by atoms with Gasteiger partial charge in [0.1, 0.15) is 0 Å². The number of hydrogen-bond donors (Lipinski definition) is 0. The Balaban J connectivity index is 2.08. The lowest BCUT2D eigenvalue weighted by Gasteiger charge is -2.06. The Kier molecular flexibility index (Phi) is 5.64. The summed E-state index contributed by atoms with van der Waals surface area (Å²) in [6.45, 7) is 3.41. The number of esters is 1. The van der Waals surface area contributed by atoms with Crippen LogP contribution in [0.1, 0.15) is 31.8 Å². The number of aryl methyl sites for hydroxylation is 1. The molecule has 0 amide bonds. The van der Waals surface area contributed by atoms with Crippen molar-refractivity contribution < 1.29 is 24.0 Å². The summed E-state index contributed by atoms with van der Waals surface area (Å²) >= 11 is 1.31. The van der Waals surface area contributed by atoms with Crippen LogP contribution in [0.25, 0.3) is 0 Å². The van der Waals surface area contributed by atoms with Gasteiger partial charge in [-0.3, -0.25) is 14.9 Å². The Bertz CT molecular complexity index is 783. The average Bonchev–Trinajstić information content (AvgIpc) is 2.99. The number of carbonyl (C=O) groups is 2. The van der Waals surface area contributed by atoms with E-state index < -0.39 is 17.5 Å². The highest BCUT2D eigenvalue weighted by molar-refractivity contribution is 7.14. The predicted molar refractivity (Wildman–Crippen MR) is 87.9 cm³/mol. The molecule has 0 saturated heterocycles. The maximum atomic E-state index is 12.0. The number of hydrogen-bond acceptors (Lipinski definition) is 7. The minimum atomic E-state index is -0.803. The monoisotopic (exact) mass is 349 g/mol. The van der Waals surface area contributed by atoms with Crippen molar-refractivity contribution in [3.05, 3.63) is 55.8 Å². The molecular formula is C16H15NO6S. The number of carbonyl (C=O) groups excluding carboxylic acids is 2. The van der Waals surface area contributed by atoms with Crippen LogP contribution in [0.15, 0.2) is 30.3 Å². The number of rotatable bonds is 7. The highest BCUT2D eigenvalue weighted by Gasteiger charge is 2.20. The molecular weight excluding hydrogens is 334 g/mol. The van der Waals surface area contributed by atoms with Gasteiger partial charge in [0.2, 0.25) is 5.78 Å². The number of thiophene rings is 1. The van der Waals surface area contributed by atoms with Crippen molar-refractivity contribution in [3.8, 4) is 5.75 Å². The molecule has 1 aromatic carbocycles. The van der Waals surface area contributed by atoms with E-state index in [0.29, 0.717) is 4.88 Å². The van der Waals surface area contributed by atoms with Crippen molar-refractivity contribution in [3.63, 3.8) is 0 Å². The first-order valence-corrected chi connectivity index (χ1v) is 7.92. The summed E-state index contributed by atoms with van der Waals surface area (Å²) < 4.78 is 10.1. The molecule has 1 aromatic heterocycles. The van der Waals surface area contributed by atoms with Gasteiger partial charge in [0, 0.05) is 10.9 Å². The normalized spacial score (nSPS) is 10.2. The van der Waals surface area contributed by atoms with Crippen molar-refractivity contribution in [1.29, 1.82) is 0 Å². The average molecular weight is 349 g/mol. The van der Waals surface area contributed by atoms with Gasteiger partial charge in [-0.2, -0.15) is 0 Å². The second kappa shape index (κ2) is 7.69.